The molecular weight excluding hydrogens is 246 g/mol. The van der Waals surface area contributed by atoms with Crippen LogP contribution in [0.1, 0.15) is 27.3 Å². The predicted molar refractivity (Wildman–Crippen MR) is 62.0 cm³/mol. The van der Waals surface area contributed by atoms with E-state index in [1.165, 1.54) is 30.0 Å². The van der Waals surface area contributed by atoms with E-state index in [9.17, 15) is 14.4 Å². The molecule has 0 aromatic carbocycles. The van der Waals surface area contributed by atoms with Crippen molar-refractivity contribution in [2.75, 3.05) is 0 Å². The molecule has 1 aliphatic heterocycles. The molecule has 84 valence electrons. The molecule has 0 spiro atoms. The number of carbonyl (C=O) groups is 3. The Kier molecular flexibility index (Phi) is 3.20. The molecule has 0 aliphatic carbocycles. The fraction of sp³-hybridized carbons (Fsp3) is 0.400. The zero-order valence-corrected chi connectivity index (χ0v) is 10.2. The summed E-state index contributed by atoms with van der Waals surface area (Å²) < 4.78 is 0. The molecule has 0 bridgehead atoms. The van der Waals surface area contributed by atoms with Crippen LogP contribution in [0.15, 0.2) is 0 Å². The number of fused-ring (bicyclic) bond motifs is 1. The summed E-state index contributed by atoms with van der Waals surface area (Å²) in [5.74, 6) is 0.422. The molecule has 0 N–H and O–H groups in total. The van der Waals surface area contributed by atoms with Crippen LogP contribution in [0.25, 0.3) is 0 Å². The molecule has 1 aliphatic rings. The Hall–Kier alpha value is -1.01. The Bertz CT molecular complexity index is 467. The van der Waals surface area contributed by atoms with Gasteiger partial charge in [0.25, 0.3) is 0 Å². The second kappa shape index (κ2) is 4.47. The van der Waals surface area contributed by atoms with Crippen LogP contribution in [0.5, 0.6) is 0 Å². The standard InChI is InChI=1S/C10H9NO3S2/c1-5(13)2-8-11-6-4-15-7(3-12)9(14)10(6)16-8/h3,7H,2,4H2,1H3. The van der Waals surface area contributed by atoms with E-state index >= 15 is 0 Å². The molecule has 2 heterocycles. The monoisotopic (exact) mass is 255 g/mol. The zero-order chi connectivity index (χ0) is 11.7. The van der Waals surface area contributed by atoms with E-state index in [0.29, 0.717) is 27.6 Å². The van der Waals surface area contributed by atoms with Crippen molar-refractivity contribution >= 4 is 41.0 Å². The third kappa shape index (κ3) is 2.08. The minimum Gasteiger partial charge on any atom is -0.302 e. The van der Waals surface area contributed by atoms with Crippen LogP contribution in [0.4, 0.5) is 0 Å². The van der Waals surface area contributed by atoms with E-state index in [0.717, 1.165) is 0 Å². The quantitative estimate of drug-likeness (QED) is 0.601. The van der Waals surface area contributed by atoms with Gasteiger partial charge in [0.2, 0.25) is 0 Å². The van der Waals surface area contributed by atoms with E-state index in [-0.39, 0.29) is 18.0 Å². The van der Waals surface area contributed by atoms with E-state index in [1.807, 2.05) is 0 Å². The molecule has 1 aromatic rings. The summed E-state index contributed by atoms with van der Waals surface area (Å²) in [5, 5.41) is 0.0659. The summed E-state index contributed by atoms with van der Waals surface area (Å²) in [6.45, 7) is 1.49. The van der Waals surface area contributed by atoms with Crippen LogP contribution in [-0.4, -0.2) is 28.1 Å². The Morgan fingerprint density at radius 1 is 1.62 bits per heavy atom. The molecule has 1 aromatic heterocycles. The molecule has 1 unspecified atom stereocenters. The van der Waals surface area contributed by atoms with Crippen LogP contribution in [0.3, 0.4) is 0 Å². The maximum Gasteiger partial charge on any atom is 0.194 e. The first-order chi connectivity index (χ1) is 7.61. The summed E-state index contributed by atoms with van der Waals surface area (Å²) in [6, 6.07) is 0. The number of ketones is 2. The van der Waals surface area contributed by atoms with Crippen LogP contribution in [0, 0.1) is 0 Å². The van der Waals surface area contributed by atoms with Gasteiger partial charge < -0.3 is 4.79 Å². The third-order valence-corrected chi connectivity index (χ3v) is 4.38. The Morgan fingerprint density at radius 3 is 3.00 bits per heavy atom. The van der Waals surface area contributed by atoms with E-state index < -0.39 is 5.25 Å². The molecule has 4 nitrogen and oxygen atoms in total. The molecule has 1 atom stereocenters. The Labute approximate surface area is 100 Å². The molecule has 0 fully saturated rings. The van der Waals surface area contributed by atoms with Crippen LogP contribution < -0.4 is 0 Å². The highest BCUT2D eigenvalue weighted by Gasteiger charge is 2.31. The highest BCUT2D eigenvalue weighted by Crippen LogP contribution is 2.32. The second-order valence-corrected chi connectivity index (χ2v) is 5.71. The van der Waals surface area contributed by atoms with Crippen molar-refractivity contribution in [2.45, 2.75) is 24.3 Å². The first kappa shape index (κ1) is 11.5. The smallest absolute Gasteiger partial charge is 0.194 e. The molecule has 0 saturated carbocycles. The van der Waals surface area contributed by atoms with Gasteiger partial charge in [-0.3, -0.25) is 9.59 Å². The van der Waals surface area contributed by atoms with Crippen LogP contribution >= 0.6 is 23.1 Å². The summed E-state index contributed by atoms with van der Waals surface area (Å²) in [6.07, 6.45) is 0.932. The van der Waals surface area contributed by atoms with Gasteiger partial charge in [-0.15, -0.1) is 23.1 Å². The number of rotatable bonds is 3. The largest absolute Gasteiger partial charge is 0.302 e. The van der Waals surface area contributed by atoms with Gasteiger partial charge in [0.05, 0.1) is 17.0 Å². The first-order valence-electron chi connectivity index (χ1n) is 4.71. The van der Waals surface area contributed by atoms with Crippen molar-refractivity contribution in [1.82, 2.24) is 4.98 Å². The van der Waals surface area contributed by atoms with Crippen molar-refractivity contribution in [3.8, 4) is 0 Å². The number of nitrogens with zero attached hydrogens (tertiary/aromatic N) is 1. The van der Waals surface area contributed by atoms with Crippen molar-refractivity contribution in [3.63, 3.8) is 0 Å². The normalized spacial score (nSPS) is 19.3. The van der Waals surface area contributed by atoms with E-state index in [1.54, 1.807) is 0 Å². The summed E-state index contributed by atoms with van der Waals surface area (Å²) >= 11 is 2.53. The number of aromatic nitrogens is 1. The van der Waals surface area contributed by atoms with Gasteiger partial charge in [-0.1, -0.05) is 0 Å². The minimum atomic E-state index is -0.599. The number of carbonyl (C=O) groups excluding carboxylic acids is 3. The maximum atomic E-state index is 11.8. The number of hydrogen-bond donors (Lipinski definition) is 0. The van der Waals surface area contributed by atoms with Gasteiger partial charge in [0, 0.05) is 5.75 Å². The number of aldehydes is 1. The Morgan fingerprint density at radius 2 is 2.38 bits per heavy atom. The average molecular weight is 255 g/mol. The second-order valence-electron chi connectivity index (χ2n) is 3.49. The summed E-state index contributed by atoms with van der Waals surface area (Å²) in [5.41, 5.74) is 0.717. The number of thioether (sulfide) groups is 1. The van der Waals surface area contributed by atoms with Crippen molar-refractivity contribution in [2.24, 2.45) is 0 Å². The van der Waals surface area contributed by atoms with Gasteiger partial charge in [0.15, 0.2) is 5.78 Å². The number of hydrogen-bond acceptors (Lipinski definition) is 6. The topological polar surface area (TPSA) is 64.1 Å². The molecule has 2 rings (SSSR count). The summed E-state index contributed by atoms with van der Waals surface area (Å²) in [4.78, 5) is 38.2. The third-order valence-electron chi connectivity index (χ3n) is 2.15. The highest BCUT2D eigenvalue weighted by atomic mass is 32.2. The number of thiazole rings is 1. The SMILES string of the molecule is CC(=O)Cc1nc2c(s1)C(=O)C(C=O)SC2. The first-order valence-corrected chi connectivity index (χ1v) is 6.57. The minimum absolute atomic E-state index is 0.0261. The zero-order valence-electron chi connectivity index (χ0n) is 8.56. The molecule has 6 heteroatoms. The highest BCUT2D eigenvalue weighted by molar-refractivity contribution is 8.00. The van der Waals surface area contributed by atoms with Crippen LogP contribution in [-0.2, 0) is 21.8 Å². The van der Waals surface area contributed by atoms with Crippen molar-refractivity contribution in [3.05, 3.63) is 15.6 Å². The Balaban J connectivity index is 2.31. The van der Waals surface area contributed by atoms with Gasteiger partial charge in [0.1, 0.15) is 22.3 Å². The molecule has 0 saturated heterocycles. The number of Topliss-reactive ketones (excluding diaryl/α,β-unsaturated/α-hetero) is 2. The van der Waals surface area contributed by atoms with Crippen LogP contribution in [0.2, 0.25) is 0 Å². The van der Waals surface area contributed by atoms with E-state index in [4.69, 9.17) is 0 Å². The predicted octanol–water partition coefficient (Wildman–Crippen LogP) is 1.27. The lowest BCUT2D eigenvalue weighted by atomic mass is 10.2. The van der Waals surface area contributed by atoms with Crippen molar-refractivity contribution in [1.29, 1.82) is 0 Å². The molecular formula is C10H9NO3S2. The summed E-state index contributed by atoms with van der Waals surface area (Å²) in [7, 11) is 0. The lowest BCUT2D eigenvalue weighted by Gasteiger charge is -2.13. The molecule has 0 radical (unpaired) electrons. The van der Waals surface area contributed by atoms with Gasteiger partial charge >= 0.3 is 0 Å². The fourth-order valence-electron chi connectivity index (χ4n) is 1.45. The van der Waals surface area contributed by atoms with Gasteiger partial charge in [-0.2, -0.15) is 0 Å². The van der Waals surface area contributed by atoms with E-state index in [2.05, 4.69) is 4.98 Å². The van der Waals surface area contributed by atoms with Gasteiger partial charge in [-0.25, -0.2) is 4.98 Å². The molecule has 16 heavy (non-hydrogen) atoms. The van der Waals surface area contributed by atoms with Crippen molar-refractivity contribution < 1.29 is 14.4 Å². The van der Waals surface area contributed by atoms with Gasteiger partial charge in [-0.05, 0) is 6.92 Å². The maximum absolute atomic E-state index is 11.8. The fourth-order valence-corrected chi connectivity index (χ4v) is 3.64. The lowest BCUT2D eigenvalue weighted by Crippen LogP contribution is -2.23. The average Bonchev–Trinajstić information content (AvgIpc) is 2.61. The lowest BCUT2D eigenvalue weighted by molar-refractivity contribution is -0.116. The molecule has 0 amide bonds.